The van der Waals surface area contributed by atoms with Gasteiger partial charge < -0.3 is 15.5 Å². The highest BCUT2D eigenvalue weighted by molar-refractivity contribution is 5.94. The minimum Gasteiger partial charge on any atom is -0.350 e. The molecule has 0 bridgehead atoms. The molecule has 35 heavy (non-hydrogen) atoms. The predicted octanol–water partition coefficient (Wildman–Crippen LogP) is 3.06. The van der Waals surface area contributed by atoms with E-state index >= 15 is 0 Å². The van der Waals surface area contributed by atoms with Gasteiger partial charge in [0, 0.05) is 37.6 Å². The summed E-state index contributed by atoms with van der Waals surface area (Å²) in [7, 11) is 0. The maximum Gasteiger partial charge on any atom is 0.269 e. The standard InChI is InChI=1S/C26H26N4O5/c1-19(31)29(18-28-25(32)22-12-14-23(15-13-22)30(34)35)24(16-20-8-4-2-5-9-20)26(33)27-17-21-10-6-3-7-11-21/h2-15,24H,16-18H2,1H3,(H,27,33)(H,28,32)/t24-/m0/s1. The van der Waals surface area contributed by atoms with Gasteiger partial charge in [-0.25, -0.2) is 0 Å². The van der Waals surface area contributed by atoms with Crippen molar-refractivity contribution in [1.82, 2.24) is 15.5 Å². The Morgan fingerprint density at radius 1 is 0.857 bits per heavy atom. The molecule has 0 spiro atoms. The average molecular weight is 475 g/mol. The number of carbonyl (C=O) groups is 3. The third kappa shape index (κ3) is 7.23. The van der Waals surface area contributed by atoms with Gasteiger partial charge in [-0.15, -0.1) is 0 Å². The molecule has 0 aromatic heterocycles. The zero-order chi connectivity index (χ0) is 25.2. The van der Waals surface area contributed by atoms with Gasteiger partial charge in [-0.2, -0.15) is 0 Å². The van der Waals surface area contributed by atoms with Crippen LogP contribution in [0.3, 0.4) is 0 Å². The number of nitrogens with one attached hydrogen (secondary N) is 2. The molecule has 0 unspecified atom stereocenters. The molecule has 9 heteroatoms. The molecule has 0 aliphatic heterocycles. The monoisotopic (exact) mass is 474 g/mol. The highest BCUT2D eigenvalue weighted by Crippen LogP contribution is 2.13. The topological polar surface area (TPSA) is 122 Å². The Balaban J connectivity index is 1.75. The minimum absolute atomic E-state index is 0.134. The van der Waals surface area contributed by atoms with Crippen molar-refractivity contribution in [3.8, 4) is 0 Å². The van der Waals surface area contributed by atoms with Crippen LogP contribution in [-0.2, 0) is 22.6 Å². The molecule has 9 nitrogen and oxygen atoms in total. The van der Waals surface area contributed by atoms with Gasteiger partial charge in [-0.1, -0.05) is 60.7 Å². The maximum absolute atomic E-state index is 13.2. The van der Waals surface area contributed by atoms with Crippen LogP contribution in [0.25, 0.3) is 0 Å². The summed E-state index contributed by atoms with van der Waals surface area (Å²) in [6, 6.07) is 23.0. The number of hydrogen-bond donors (Lipinski definition) is 2. The smallest absolute Gasteiger partial charge is 0.269 e. The minimum atomic E-state index is -0.865. The first-order valence-corrected chi connectivity index (χ1v) is 11.0. The first-order chi connectivity index (χ1) is 16.8. The van der Waals surface area contributed by atoms with Crippen molar-refractivity contribution in [2.45, 2.75) is 25.9 Å². The van der Waals surface area contributed by atoms with Crippen molar-refractivity contribution < 1.29 is 19.3 Å². The Morgan fingerprint density at radius 3 is 1.97 bits per heavy atom. The molecule has 0 saturated heterocycles. The van der Waals surface area contributed by atoms with Crippen LogP contribution in [0.2, 0.25) is 0 Å². The molecular formula is C26H26N4O5. The first-order valence-electron chi connectivity index (χ1n) is 11.0. The highest BCUT2D eigenvalue weighted by Gasteiger charge is 2.28. The average Bonchev–Trinajstić information content (AvgIpc) is 2.87. The Bertz CT molecular complexity index is 1170. The van der Waals surface area contributed by atoms with Crippen LogP contribution in [-0.4, -0.2) is 40.3 Å². The Kier molecular flexibility index (Phi) is 8.66. The van der Waals surface area contributed by atoms with Crippen LogP contribution in [0, 0.1) is 10.1 Å². The summed E-state index contributed by atoms with van der Waals surface area (Å²) >= 11 is 0. The fourth-order valence-electron chi connectivity index (χ4n) is 3.52. The summed E-state index contributed by atoms with van der Waals surface area (Å²) in [5.41, 5.74) is 1.85. The van der Waals surface area contributed by atoms with E-state index in [2.05, 4.69) is 10.6 Å². The molecule has 1 atom stereocenters. The molecule has 0 fully saturated rings. The third-order valence-corrected chi connectivity index (χ3v) is 5.42. The van der Waals surface area contributed by atoms with Gasteiger partial charge in [0.2, 0.25) is 11.8 Å². The quantitative estimate of drug-likeness (QED) is 0.266. The highest BCUT2D eigenvalue weighted by atomic mass is 16.6. The second-order valence-corrected chi connectivity index (χ2v) is 7.87. The van der Waals surface area contributed by atoms with E-state index in [1.54, 1.807) is 0 Å². The molecule has 0 radical (unpaired) electrons. The number of hydrogen-bond acceptors (Lipinski definition) is 5. The van der Waals surface area contributed by atoms with Crippen molar-refractivity contribution >= 4 is 23.4 Å². The molecule has 0 aliphatic carbocycles. The van der Waals surface area contributed by atoms with Gasteiger partial charge in [0.15, 0.2) is 0 Å². The number of amides is 3. The summed E-state index contributed by atoms with van der Waals surface area (Å²) < 4.78 is 0. The summed E-state index contributed by atoms with van der Waals surface area (Å²) in [4.78, 5) is 49.9. The van der Waals surface area contributed by atoms with E-state index in [9.17, 15) is 24.5 Å². The van der Waals surface area contributed by atoms with Crippen molar-refractivity contribution in [2.24, 2.45) is 0 Å². The van der Waals surface area contributed by atoms with Crippen molar-refractivity contribution in [2.75, 3.05) is 6.67 Å². The van der Waals surface area contributed by atoms with Crippen molar-refractivity contribution in [1.29, 1.82) is 0 Å². The number of nitro groups is 1. The van der Waals surface area contributed by atoms with E-state index in [-0.39, 0.29) is 36.2 Å². The molecule has 3 aromatic rings. The second-order valence-electron chi connectivity index (χ2n) is 7.87. The zero-order valence-electron chi connectivity index (χ0n) is 19.2. The normalized spacial score (nSPS) is 11.2. The number of non-ortho nitro benzene ring substituents is 1. The van der Waals surface area contributed by atoms with Crippen LogP contribution in [0.1, 0.15) is 28.4 Å². The molecule has 3 aromatic carbocycles. The van der Waals surface area contributed by atoms with Gasteiger partial charge >= 0.3 is 0 Å². The van der Waals surface area contributed by atoms with E-state index in [0.717, 1.165) is 11.1 Å². The van der Waals surface area contributed by atoms with Gasteiger partial charge in [0.25, 0.3) is 11.6 Å². The molecule has 2 N–H and O–H groups in total. The molecule has 3 rings (SSSR count). The van der Waals surface area contributed by atoms with Gasteiger partial charge in [-0.05, 0) is 23.3 Å². The maximum atomic E-state index is 13.2. The fraction of sp³-hybridized carbons (Fsp3) is 0.192. The Hall–Kier alpha value is -4.53. The third-order valence-electron chi connectivity index (χ3n) is 5.42. The van der Waals surface area contributed by atoms with Crippen molar-refractivity contribution in [3.05, 3.63) is 112 Å². The van der Waals surface area contributed by atoms with Gasteiger partial charge in [0.1, 0.15) is 6.04 Å². The predicted molar refractivity (Wildman–Crippen MR) is 130 cm³/mol. The molecule has 0 heterocycles. The largest absolute Gasteiger partial charge is 0.350 e. The van der Waals surface area contributed by atoms with Crippen LogP contribution in [0.4, 0.5) is 5.69 Å². The van der Waals surface area contributed by atoms with E-state index in [1.165, 1.54) is 36.1 Å². The number of rotatable bonds is 10. The summed E-state index contributed by atoms with van der Waals surface area (Å²) in [5, 5.41) is 16.3. The molecule has 3 amide bonds. The number of benzene rings is 3. The summed E-state index contributed by atoms with van der Waals surface area (Å²) in [6.07, 6.45) is 0.258. The zero-order valence-corrected chi connectivity index (χ0v) is 19.2. The lowest BCUT2D eigenvalue weighted by Gasteiger charge is -2.30. The van der Waals surface area contributed by atoms with Crippen LogP contribution in [0.5, 0.6) is 0 Å². The van der Waals surface area contributed by atoms with Gasteiger partial charge in [-0.3, -0.25) is 24.5 Å². The molecule has 0 aliphatic rings. The summed E-state index contributed by atoms with van der Waals surface area (Å²) in [5.74, 6) is -1.25. The Labute approximate surface area is 202 Å². The van der Waals surface area contributed by atoms with E-state index in [4.69, 9.17) is 0 Å². The lowest BCUT2D eigenvalue weighted by atomic mass is 10.0. The molecule has 0 saturated carbocycles. The second kappa shape index (κ2) is 12.1. The lowest BCUT2D eigenvalue weighted by molar-refractivity contribution is -0.384. The number of nitro benzene ring substituents is 1. The lowest BCUT2D eigenvalue weighted by Crippen LogP contribution is -2.53. The SMILES string of the molecule is CC(=O)N(CNC(=O)c1ccc([N+](=O)[O-])cc1)[C@@H](Cc1ccccc1)C(=O)NCc1ccccc1. The number of carbonyl (C=O) groups excluding carboxylic acids is 3. The van der Waals surface area contributed by atoms with Gasteiger partial charge in [0.05, 0.1) is 11.6 Å². The molecule has 180 valence electrons. The Morgan fingerprint density at radius 2 is 1.43 bits per heavy atom. The van der Waals surface area contributed by atoms with E-state index in [1.807, 2.05) is 60.7 Å². The van der Waals surface area contributed by atoms with E-state index < -0.39 is 16.9 Å². The molecular weight excluding hydrogens is 448 g/mol. The number of nitrogens with zero attached hydrogens (tertiary/aromatic N) is 2. The fourth-order valence-corrected chi connectivity index (χ4v) is 3.52. The summed E-state index contributed by atoms with van der Waals surface area (Å²) in [6.45, 7) is 1.42. The van der Waals surface area contributed by atoms with E-state index in [0.29, 0.717) is 6.54 Å². The van der Waals surface area contributed by atoms with Crippen LogP contribution in [0.15, 0.2) is 84.9 Å². The van der Waals surface area contributed by atoms with Crippen LogP contribution < -0.4 is 10.6 Å². The first kappa shape index (κ1) is 25.1. The van der Waals surface area contributed by atoms with Crippen LogP contribution >= 0.6 is 0 Å². The van der Waals surface area contributed by atoms with Crippen molar-refractivity contribution in [3.63, 3.8) is 0 Å².